The summed E-state index contributed by atoms with van der Waals surface area (Å²) in [4.78, 5) is 4.83. The second-order valence-electron chi connectivity index (χ2n) is 7.25. The van der Waals surface area contributed by atoms with E-state index in [0.29, 0.717) is 0 Å². The van der Waals surface area contributed by atoms with Crippen LogP contribution in [0, 0.1) is 0 Å². The van der Waals surface area contributed by atoms with E-state index < -0.39 is 0 Å². The molecule has 0 saturated heterocycles. The average molecular weight is 342 g/mol. The van der Waals surface area contributed by atoms with Crippen molar-refractivity contribution in [3.05, 3.63) is 85.1 Å². The predicted molar refractivity (Wildman–Crippen MR) is 114 cm³/mol. The van der Waals surface area contributed by atoms with Gasteiger partial charge < -0.3 is 4.40 Å². The number of fused-ring (bicyclic) bond motifs is 8. The molecule has 124 valence electrons. The van der Waals surface area contributed by atoms with Gasteiger partial charge in [0.2, 0.25) is 0 Å². The van der Waals surface area contributed by atoms with E-state index in [1.807, 2.05) is 6.20 Å². The van der Waals surface area contributed by atoms with E-state index in [9.17, 15) is 0 Å². The second kappa shape index (κ2) is 4.54. The van der Waals surface area contributed by atoms with Gasteiger partial charge in [0.25, 0.3) is 0 Å². The number of para-hydroxylation sites is 1. The summed E-state index contributed by atoms with van der Waals surface area (Å²) in [6, 6.07) is 28.4. The second-order valence-corrected chi connectivity index (χ2v) is 7.25. The van der Waals surface area contributed by atoms with Crippen molar-refractivity contribution in [2.45, 2.75) is 0 Å². The molecule has 7 rings (SSSR count). The third-order valence-corrected chi connectivity index (χ3v) is 5.94. The van der Waals surface area contributed by atoms with Gasteiger partial charge in [-0.15, -0.1) is 0 Å². The van der Waals surface area contributed by atoms with Crippen molar-refractivity contribution in [2.24, 2.45) is 0 Å². The number of nitrogens with zero attached hydrogens (tertiary/aromatic N) is 2. The smallest absolute Gasteiger partial charge is 0.0822 e. The molecule has 0 aliphatic carbocycles. The highest BCUT2D eigenvalue weighted by atomic mass is 14.9. The van der Waals surface area contributed by atoms with Crippen LogP contribution in [0.5, 0.6) is 0 Å². The zero-order valence-corrected chi connectivity index (χ0v) is 14.5. The summed E-state index contributed by atoms with van der Waals surface area (Å²) >= 11 is 0. The molecule has 2 nitrogen and oxygen atoms in total. The first-order valence-corrected chi connectivity index (χ1v) is 9.25. The molecule has 3 aromatic heterocycles. The molecule has 0 unspecified atom stereocenters. The van der Waals surface area contributed by atoms with Gasteiger partial charge in [-0.3, -0.25) is 4.98 Å². The first-order chi connectivity index (χ1) is 13.4. The summed E-state index contributed by atoms with van der Waals surface area (Å²) in [6.07, 6.45) is 1.93. The average Bonchev–Trinajstić information content (AvgIpc) is 3.08. The summed E-state index contributed by atoms with van der Waals surface area (Å²) in [5, 5.41) is 8.83. The molecule has 0 aliphatic heterocycles. The summed E-state index contributed by atoms with van der Waals surface area (Å²) in [7, 11) is 0. The number of aromatic nitrogens is 2. The van der Waals surface area contributed by atoms with Crippen LogP contribution in [0.1, 0.15) is 0 Å². The molecule has 0 N–H and O–H groups in total. The van der Waals surface area contributed by atoms with E-state index in [1.54, 1.807) is 0 Å². The third-order valence-electron chi connectivity index (χ3n) is 5.94. The van der Waals surface area contributed by atoms with Crippen molar-refractivity contribution < 1.29 is 0 Å². The molecule has 3 heterocycles. The molecule has 0 atom stereocenters. The van der Waals surface area contributed by atoms with Crippen molar-refractivity contribution in [3.63, 3.8) is 0 Å². The highest BCUT2D eigenvalue weighted by Crippen LogP contribution is 2.41. The van der Waals surface area contributed by atoms with Gasteiger partial charge in [0.15, 0.2) is 0 Å². The van der Waals surface area contributed by atoms with Crippen molar-refractivity contribution in [1.82, 2.24) is 9.38 Å². The largest absolute Gasteiger partial charge is 0.307 e. The Balaban J connectivity index is 2.01. The van der Waals surface area contributed by atoms with E-state index in [0.717, 1.165) is 5.52 Å². The third kappa shape index (κ3) is 1.51. The summed E-state index contributed by atoms with van der Waals surface area (Å²) in [5.41, 5.74) is 4.87. The lowest BCUT2D eigenvalue weighted by Gasteiger charge is -2.14. The quantitative estimate of drug-likeness (QED) is 0.226. The Bertz CT molecular complexity index is 1670. The fourth-order valence-corrected chi connectivity index (χ4v) is 4.84. The van der Waals surface area contributed by atoms with E-state index in [-0.39, 0.29) is 0 Å². The van der Waals surface area contributed by atoms with Crippen LogP contribution in [-0.2, 0) is 0 Å². The fourth-order valence-electron chi connectivity index (χ4n) is 4.84. The summed E-state index contributed by atoms with van der Waals surface area (Å²) < 4.78 is 2.46. The fraction of sp³-hybridized carbons (Fsp3) is 0. The molecular formula is C25H14N2. The van der Waals surface area contributed by atoms with Crippen molar-refractivity contribution >= 4 is 59.8 Å². The maximum atomic E-state index is 4.83. The molecule has 0 bridgehead atoms. The summed E-state index contributed by atoms with van der Waals surface area (Å²) in [6.45, 7) is 0. The zero-order chi connectivity index (χ0) is 17.5. The minimum atomic E-state index is 1.09. The van der Waals surface area contributed by atoms with Crippen LogP contribution in [-0.4, -0.2) is 9.38 Å². The van der Waals surface area contributed by atoms with E-state index >= 15 is 0 Å². The van der Waals surface area contributed by atoms with Crippen molar-refractivity contribution in [2.75, 3.05) is 0 Å². The molecule has 0 saturated carbocycles. The Labute approximate surface area is 154 Å². The van der Waals surface area contributed by atoms with E-state index in [2.05, 4.69) is 83.3 Å². The van der Waals surface area contributed by atoms with Gasteiger partial charge in [0.05, 0.1) is 22.1 Å². The highest BCUT2D eigenvalue weighted by molar-refractivity contribution is 6.29. The number of pyridine rings is 2. The van der Waals surface area contributed by atoms with Crippen LogP contribution in [0.25, 0.3) is 59.8 Å². The molecule has 4 aromatic carbocycles. The van der Waals surface area contributed by atoms with Crippen LogP contribution in [0.15, 0.2) is 85.1 Å². The number of benzene rings is 4. The predicted octanol–water partition coefficient (Wildman–Crippen LogP) is 6.54. The Morgan fingerprint density at radius 1 is 0.556 bits per heavy atom. The van der Waals surface area contributed by atoms with Gasteiger partial charge in [0, 0.05) is 33.1 Å². The lowest BCUT2D eigenvalue weighted by molar-refractivity contribution is 1.35. The molecule has 0 aliphatic rings. The number of rotatable bonds is 0. The molecule has 0 spiro atoms. The standard InChI is InChI=1S/C25H14N2/c1-2-6-17-15(5-1)9-12-20-23-22-16(13-14-26-23)10-11-19-18-7-3-4-8-21(18)27(24(17)20)25(19)22/h1-14H. The maximum absolute atomic E-state index is 4.83. The van der Waals surface area contributed by atoms with E-state index in [4.69, 9.17) is 4.98 Å². The number of hydrogen-bond acceptors (Lipinski definition) is 1. The van der Waals surface area contributed by atoms with Crippen LogP contribution in [0.3, 0.4) is 0 Å². The molecule has 0 radical (unpaired) electrons. The topological polar surface area (TPSA) is 17.3 Å². The monoisotopic (exact) mass is 342 g/mol. The molecule has 2 heteroatoms. The molecule has 0 amide bonds. The first kappa shape index (κ1) is 13.5. The Morgan fingerprint density at radius 3 is 2.30 bits per heavy atom. The molecule has 27 heavy (non-hydrogen) atoms. The van der Waals surface area contributed by atoms with Crippen LogP contribution < -0.4 is 0 Å². The van der Waals surface area contributed by atoms with Crippen LogP contribution in [0.2, 0.25) is 0 Å². The zero-order valence-electron chi connectivity index (χ0n) is 14.5. The molecule has 0 fully saturated rings. The molecular weight excluding hydrogens is 328 g/mol. The van der Waals surface area contributed by atoms with Crippen LogP contribution in [0.4, 0.5) is 0 Å². The minimum absolute atomic E-state index is 1.09. The van der Waals surface area contributed by atoms with Gasteiger partial charge in [-0.2, -0.15) is 0 Å². The van der Waals surface area contributed by atoms with Gasteiger partial charge in [0.1, 0.15) is 0 Å². The SMILES string of the molecule is c1ccc2c(c1)ccc1c3nccc4ccc5c6ccccc6n(c21)c5c43. The van der Waals surface area contributed by atoms with Crippen molar-refractivity contribution in [3.8, 4) is 0 Å². The lowest BCUT2D eigenvalue weighted by atomic mass is 10.00. The first-order valence-electron chi connectivity index (χ1n) is 9.25. The Kier molecular flexibility index (Phi) is 2.28. The van der Waals surface area contributed by atoms with Gasteiger partial charge >= 0.3 is 0 Å². The van der Waals surface area contributed by atoms with Gasteiger partial charge in [-0.1, -0.05) is 66.7 Å². The normalized spacial score (nSPS) is 12.4. The van der Waals surface area contributed by atoms with Crippen LogP contribution >= 0.6 is 0 Å². The highest BCUT2D eigenvalue weighted by Gasteiger charge is 2.19. The minimum Gasteiger partial charge on any atom is -0.307 e. The van der Waals surface area contributed by atoms with E-state index in [1.165, 1.54) is 54.3 Å². The Morgan fingerprint density at radius 2 is 1.33 bits per heavy atom. The maximum Gasteiger partial charge on any atom is 0.0822 e. The van der Waals surface area contributed by atoms with Gasteiger partial charge in [-0.05, 0) is 22.9 Å². The number of hydrogen-bond donors (Lipinski definition) is 0. The van der Waals surface area contributed by atoms with Gasteiger partial charge in [-0.25, -0.2) is 0 Å². The lowest BCUT2D eigenvalue weighted by Crippen LogP contribution is -1.94. The Hall–Kier alpha value is -3.65. The summed E-state index contributed by atoms with van der Waals surface area (Å²) in [5.74, 6) is 0. The van der Waals surface area contributed by atoms with Crippen molar-refractivity contribution in [1.29, 1.82) is 0 Å². The molecule has 7 aromatic rings.